The van der Waals surface area contributed by atoms with E-state index in [0.29, 0.717) is 0 Å². The normalized spacial score (nSPS) is 14.5. The summed E-state index contributed by atoms with van der Waals surface area (Å²) in [6.45, 7) is 13.4. The molecule has 0 saturated heterocycles. The fourth-order valence-corrected chi connectivity index (χ4v) is 13.6. The third kappa shape index (κ3) is 2.61. The van der Waals surface area contributed by atoms with Crippen molar-refractivity contribution in [3.8, 4) is 22.8 Å². The summed E-state index contributed by atoms with van der Waals surface area (Å²) < 4.78 is 11.1. The van der Waals surface area contributed by atoms with Gasteiger partial charge in [-0.15, -0.1) is 0 Å². The van der Waals surface area contributed by atoms with Gasteiger partial charge in [0.15, 0.2) is 0 Å². The van der Waals surface area contributed by atoms with Crippen molar-refractivity contribution in [1.29, 1.82) is 0 Å². The Morgan fingerprint density at radius 1 is 0.349 bits per heavy atom. The first-order valence-electron chi connectivity index (χ1n) is 15.3. The van der Waals surface area contributed by atoms with Crippen LogP contribution in [0.3, 0.4) is 0 Å². The zero-order valence-electron chi connectivity index (χ0n) is 25.4. The molecule has 4 aromatic carbocycles. The van der Waals surface area contributed by atoms with Gasteiger partial charge in [0.05, 0.1) is 22.8 Å². The number of aromatic nitrogens is 4. The summed E-state index contributed by atoms with van der Waals surface area (Å²) in [6.07, 6.45) is 0. The lowest BCUT2D eigenvalue weighted by Crippen LogP contribution is -2.59. The molecule has 0 saturated carbocycles. The van der Waals surface area contributed by atoms with Gasteiger partial charge < -0.3 is 16.9 Å². The lowest BCUT2D eigenvalue weighted by Gasteiger charge is -2.32. The molecule has 43 heavy (non-hydrogen) atoms. The van der Waals surface area contributed by atoms with Crippen LogP contribution in [0.15, 0.2) is 84.9 Å². The average molecular weight is 573 g/mol. The van der Waals surface area contributed by atoms with E-state index in [1.165, 1.54) is 99.8 Å². The summed E-state index contributed by atoms with van der Waals surface area (Å²) in [7, 11) is -3.05. The van der Waals surface area contributed by atoms with E-state index in [1.54, 1.807) is 0 Å². The first-order chi connectivity index (χ1) is 20.8. The number of aryl methyl sites for hydroxylation is 6. The minimum absolute atomic E-state index is 1.30. The molecule has 4 aromatic heterocycles. The van der Waals surface area contributed by atoms with E-state index in [2.05, 4.69) is 143 Å². The molecule has 0 bridgehead atoms. The van der Waals surface area contributed by atoms with Crippen LogP contribution in [0.5, 0.6) is 0 Å². The van der Waals surface area contributed by atoms with Crippen LogP contribution < -0.4 is 0 Å². The van der Waals surface area contributed by atoms with E-state index >= 15 is 0 Å². The first kappa shape index (κ1) is 23.8. The Balaban J connectivity index is 1.52. The number of hydrogen-bond donors (Lipinski definition) is 0. The van der Waals surface area contributed by atoms with E-state index in [9.17, 15) is 0 Å². The van der Waals surface area contributed by atoms with Crippen LogP contribution in [0.2, 0.25) is 0 Å². The number of nitrogens with zero attached hydrogens (tertiary/aromatic N) is 4. The summed E-state index contributed by atoms with van der Waals surface area (Å²) in [4.78, 5) is 0. The lowest BCUT2D eigenvalue weighted by atomic mass is 10.1. The highest BCUT2D eigenvalue weighted by atomic mass is 28.4. The van der Waals surface area contributed by atoms with E-state index < -0.39 is 8.72 Å². The second-order valence-corrected chi connectivity index (χ2v) is 16.2. The maximum Gasteiger partial charge on any atom is 0.522 e. The van der Waals surface area contributed by atoms with Gasteiger partial charge in [0, 0.05) is 22.1 Å². The number of hydrogen-bond acceptors (Lipinski definition) is 0. The van der Waals surface area contributed by atoms with E-state index in [-0.39, 0.29) is 0 Å². The second kappa shape index (κ2) is 7.42. The number of rotatable bonds is 0. The van der Waals surface area contributed by atoms with Crippen LogP contribution in [-0.4, -0.2) is 25.7 Å². The largest absolute Gasteiger partial charge is 0.522 e. The molecule has 6 heterocycles. The van der Waals surface area contributed by atoms with Gasteiger partial charge in [-0.1, -0.05) is 23.3 Å². The van der Waals surface area contributed by atoms with Crippen molar-refractivity contribution >= 4 is 52.3 Å². The third-order valence-corrected chi connectivity index (χ3v) is 14.8. The molecular weight excluding hydrogens is 541 g/mol. The van der Waals surface area contributed by atoms with Crippen molar-refractivity contribution in [2.75, 3.05) is 0 Å². The van der Waals surface area contributed by atoms with Crippen LogP contribution in [-0.2, 0) is 0 Å². The summed E-state index contributed by atoms with van der Waals surface area (Å²) in [5.74, 6) is 0. The molecule has 10 rings (SSSR count). The Hall–Kier alpha value is -4.74. The van der Waals surface area contributed by atoms with Crippen molar-refractivity contribution in [2.45, 2.75) is 41.5 Å². The summed E-state index contributed by atoms with van der Waals surface area (Å²) in [5.41, 5.74) is 18.5. The molecule has 0 fully saturated rings. The molecule has 0 aliphatic carbocycles. The second-order valence-electron chi connectivity index (χ2n) is 13.2. The SMILES string of the molecule is Cc1ccc2c(c1)cc1n2[Si]2(n3c(cc4cc(C)ccc43)-c3cc4cc(C)c(C)cc4n32)n2c-1cc1cc(C)c(C)cc12. The molecule has 1 spiro atoms. The van der Waals surface area contributed by atoms with Gasteiger partial charge in [-0.25, -0.2) is 0 Å². The van der Waals surface area contributed by atoms with Crippen molar-refractivity contribution in [2.24, 2.45) is 0 Å². The molecular formula is C38H32N4Si. The molecule has 2 aliphatic rings. The Bertz CT molecular complexity index is 2400. The topological polar surface area (TPSA) is 19.7 Å². The highest BCUT2D eigenvalue weighted by Gasteiger charge is 2.60. The van der Waals surface area contributed by atoms with Gasteiger partial charge in [0.2, 0.25) is 0 Å². The standard InChI is InChI=1S/C38H32N4Si/c1-21-7-9-31-27(11-21)17-35-37-19-29-13-23(3)25(5)15-33(29)41(37)43(39(31)35)40-32-10-8-22(2)12-28(32)18-36(40)38-20-30-14-24(4)26(6)16-34(30)42(38)43/h7-20H,1-6H3. The fraction of sp³-hybridized carbons (Fsp3) is 0.158. The molecule has 0 amide bonds. The lowest BCUT2D eigenvalue weighted by molar-refractivity contribution is 0.959. The minimum Gasteiger partial charge on any atom is -0.313 e. The molecule has 2 aliphatic heterocycles. The fourth-order valence-electron chi connectivity index (χ4n) is 8.26. The predicted octanol–water partition coefficient (Wildman–Crippen LogP) is 9.25. The zero-order valence-corrected chi connectivity index (χ0v) is 26.4. The minimum atomic E-state index is -3.05. The molecule has 5 heteroatoms. The highest BCUT2D eigenvalue weighted by Crippen LogP contribution is 2.52. The smallest absolute Gasteiger partial charge is 0.313 e. The highest BCUT2D eigenvalue weighted by molar-refractivity contribution is 6.81. The van der Waals surface area contributed by atoms with Crippen molar-refractivity contribution in [1.82, 2.24) is 16.9 Å². The molecule has 8 aromatic rings. The summed E-state index contributed by atoms with van der Waals surface area (Å²) >= 11 is 0. The van der Waals surface area contributed by atoms with Crippen LogP contribution >= 0.6 is 0 Å². The van der Waals surface area contributed by atoms with Crippen LogP contribution in [0.1, 0.15) is 33.4 Å². The molecule has 0 atom stereocenters. The van der Waals surface area contributed by atoms with Crippen LogP contribution in [0, 0.1) is 41.5 Å². The van der Waals surface area contributed by atoms with Crippen LogP contribution in [0.25, 0.3) is 66.4 Å². The Kier molecular flexibility index (Phi) is 4.10. The number of fused-ring (bicyclic) bond motifs is 18. The van der Waals surface area contributed by atoms with Gasteiger partial charge in [-0.3, -0.25) is 0 Å². The molecule has 208 valence electrons. The zero-order chi connectivity index (χ0) is 29.1. The monoisotopic (exact) mass is 572 g/mol. The van der Waals surface area contributed by atoms with E-state index in [0.717, 1.165) is 0 Å². The Morgan fingerprint density at radius 2 is 0.674 bits per heavy atom. The van der Waals surface area contributed by atoms with Crippen LogP contribution in [0.4, 0.5) is 0 Å². The van der Waals surface area contributed by atoms with Gasteiger partial charge in [-0.2, -0.15) is 0 Å². The summed E-state index contributed by atoms with van der Waals surface area (Å²) in [6, 6.07) is 33.5. The number of benzene rings is 4. The van der Waals surface area contributed by atoms with Gasteiger partial charge >= 0.3 is 8.72 Å². The summed E-state index contributed by atoms with van der Waals surface area (Å²) in [5, 5.41) is 5.28. The van der Waals surface area contributed by atoms with Crippen molar-refractivity contribution < 1.29 is 0 Å². The molecule has 0 unspecified atom stereocenters. The first-order valence-corrected chi connectivity index (χ1v) is 17.1. The molecule has 4 nitrogen and oxygen atoms in total. The quantitative estimate of drug-likeness (QED) is 0.161. The van der Waals surface area contributed by atoms with E-state index in [4.69, 9.17) is 0 Å². The van der Waals surface area contributed by atoms with Crippen molar-refractivity contribution in [3.63, 3.8) is 0 Å². The van der Waals surface area contributed by atoms with Gasteiger partial charge in [-0.05, 0) is 158 Å². The average Bonchev–Trinajstić information content (AvgIpc) is 3.77. The maximum absolute atomic E-state index is 3.05. The Labute approximate surface area is 251 Å². The molecule has 0 radical (unpaired) electrons. The van der Waals surface area contributed by atoms with Gasteiger partial charge in [0.1, 0.15) is 0 Å². The van der Waals surface area contributed by atoms with E-state index in [1.807, 2.05) is 0 Å². The molecule has 0 N–H and O–H groups in total. The maximum atomic E-state index is 2.78. The predicted molar refractivity (Wildman–Crippen MR) is 182 cm³/mol. The third-order valence-electron chi connectivity index (χ3n) is 10.5. The Morgan fingerprint density at radius 3 is 1.07 bits per heavy atom. The van der Waals surface area contributed by atoms with Crippen molar-refractivity contribution in [3.05, 3.63) is 118 Å². The van der Waals surface area contributed by atoms with Gasteiger partial charge in [0.25, 0.3) is 0 Å².